The maximum Gasteiger partial charge on any atom is 0.257 e. The van der Waals surface area contributed by atoms with Crippen LogP contribution in [0.15, 0.2) is 89.7 Å². The van der Waals surface area contributed by atoms with Crippen LogP contribution in [0.25, 0.3) is 0 Å². The Morgan fingerprint density at radius 3 is 2.15 bits per heavy atom. The summed E-state index contributed by atoms with van der Waals surface area (Å²) in [5.74, 6) is 0.724. The van der Waals surface area contributed by atoms with Gasteiger partial charge in [0.15, 0.2) is 0 Å². The van der Waals surface area contributed by atoms with E-state index in [2.05, 4.69) is 35.2 Å². The highest BCUT2D eigenvalue weighted by atomic mass is 16.1. The standard InChI is InChI=1S/C29H26N4O/c1-21-31-27-20-32(19-23-14-12-22(18-30)13-15-23)17-16-26(27)29(34)33(21)28(24-8-4-2-5-9-24)25-10-6-3-7-11-25/h2-15,28H,16-17,19-20H2,1H3. The largest absolute Gasteiger partial charge is 0.293 e. The Hall–Kier alpha value is -4.01. The monoisotopic (exact) mass is 446 g/mol. The lowest BCUT2D eigenvalue weighted by atomic mass is 9.97. The summed E-state index contributed by atoms with van der Waals surface area (Å²) in [7, 11) is 0. The van der Waals surface area contributed by atoms with Gasteiger partial charge in [0.2, 0.25) is 0 Å². The molecule has 0 unspecified atom stereocenters. The molecule has 0 N–H and O–H groups in total. The fraction of sp³-hybridized carbons (Fsp3) is 0.207. The molecule has 34 heavy (non-hydrogen) atoms. The molecule has 0 bridgehead atoms. The van der Waals surface area contributed by atoms with Gasteiger partial charge in [-0.3, -0.25) is 14.3 Å². The molecule has 5 rings (SSSR count). The van der Waals surface area contributed by atoms with Gasteiger partial charge in [0, 0.05) is 25.2 Å². The molecule has 0 aliphatic carbocycles. The Kier molecular flexibility index (Phi) is 6.07. The fourth-order valence-electron chi connectivity index (χ4n) is 4.82. The lowest BCUT2D eigenvalue weighted by Crippen LogP contribution is -2.39. The van der Waals surface area contributed by atoms with Crippen LogP contribution in [0, 0.1) is 18.3 Å². The maximum absolute atomic E-state index is 13.8. The second kappa shape index (κ2) is 9.46. The van der Waals surface area contributed by atoms with Gasteiger partial charge in [-0.15, -0.1) is 0 Å². The van der Waals surface area contributed by atoms with E-state index in [0.29, 0.717) is 18.5 Å². The zero-order valence-corrected chi connectivity index (χ0v) is 19.2. The van der Waals surface area contributed by atoms with E-state index in [1.54, 1.807) is 0 Å². The lowest BCUT2D eigenvalue weighted by molar-refractivity contribution is 0.239. The Bertz CT molecular complexity index is 1350. The van der Waals surface area contributed by atoms with Crippen molar-refractivity contribution >= 4 is 0 Å². The molecule has 5 heteroatoms. The average molecular weight is 447 g/mol. The first kappa shape index (κ1) is 21.8. The summed E-state index contributed by atoms with van der Waals surface area (Å²) in [6, 6.07) is 30.0. The van der Waals surface area contributed by atoms with E-state index in [9.17, 15) is 4.79 Å². The van der Waals surface area contributed by atoms with E-state index in [1.165, 1.54) is 0 Å². The van der Waals surface area contributed by atoms with Gasteiger partial charge >= 0.3 is 0 Å². The maximum atomic E-state index is 13.8. The molecular formula is C29H26N4O. The summed E-state index contributed by atoms with van der Waals surface area (Å²) < 4.78 is 1.86. The number of rotatable bonds is 5. The molecule has 3 aromatic carbocycles. The van der Waals surface area contributed by atoms with Crippen LogP contribution in [0.5, 0.6) is 0 Å². The summed E-state index contributed by atoms with van der Waals surface area (Å²) in [4.78, 5) is 21.1. The highest BCUT2D eigenvalue weighted by Gasteiger charge is 2.26. The van der Waals surface area contributed by atoms with Crippen molar-refractivity contribution in [2.75, 3.05) is 6.54 Å². The number of aryl methyl sites for hydroxylation is 1. The van der Waals surface area contributed by atoms with Gasteiger partial charge in [0.05, 0.1) is 23.4 Å². The molecule has 0 saturated heterocycles. The first-order valence-corrected chi connectivity index (χ1v) is 11.6. The van der Waals surface area contributed by atoms with E-state index < -0.39 is 0 Å². The van der Waals surface area contributed by atoms with Crippen molar-refractivity contribution in [1.29, 1.82) is 5.26 Å². The molecule has 1 aliphatic heterocycles. The van der Waals surface area contributed by atoms with Crippen molar-refractivity contribution in [3.63, 3.8) is 0 Å². The van der Waals surface area contributed by atoms with Crippen molar-refractivity contribution in [1.82, 2.24) is 14.5 Å². The quantitative estimate of drug-likeness (QED) is 0.449. The minimum absolute atomic E-state index is 0.0539. The zero-order chi connectivity index (χ0) is 23.5. The average Bonchev–Trinajstić information content (AvgIpc) is 2.88. The molecule has 0 radical (unpaired) electrons. The normalized spacial score (nSPS) is 13.4. The minimum atomic E-state index is -0.218. The number of aromatic nitrogens is 2. The molecule has 5 nitrogen and oxygen atoms in total. The number of fused-ring (bicyclic) bond motifs is 1. The van der Waals surface area contributed by atoms with Crippen LogP contribution in [0.1, 0.15) is 45.4 Å². The molecule has 0 amide bonds. The second-order valence-electron chi connectivity index (χ2n) is 8.75. The first-order chi connectivity index (χ1) is 16.6. The summed E-state index contributed by atoms with van der Waals surface area (Å²) in [6.07, 6.45) is 0.675. The smallest absolute Gasteiger partial charge is 0.257 e. The summed E-state index contributed by atoms with van der Waals surface area (Å²) in [5, 5.41) is 9.02. The Labute approximate surface area is 199 Å². The third kappa shape index (κ3) is 4.28. The van der Waals surface area contributed by atoms with Gasteiger partial charge in [-0.05, 0) is 42.2 Å². The van der Waals surface area contributed by atoms with Gasteiger partial charge in [-0.1, -0.05) is 72.8 Å². The van der Waals surface area contributed by atoms with Crippen LogP contribution >= 0.6 is 0 Å². The molecule has 0 spiro atoms. The molecule has 0 atom stereocenters. The summed E-state index contributed by atoms with van der Waals surface area (Å²) in [6.45, 7) is 4.15. The van der Waals surface area contributed by atoms with E-state index >= 15 is 0 Å². The number of hydrogen-bond acceptors (Lipinski definition) is 4. The summed E-state index contributed by atoms with van der Waals surface area (Å²) >= 11 is 0. The molecule has 1 aliphatic rings. The van der Waals surface area contributed by atoms with Crippen molar-refractivity contribution in [2.45, 2.75) is 32.5 Å². The molecule has 0 saturated carbocycles. The van der Waals surface area contributed by atoms with Crippen LogP contribution in [-0.4, -0.2) is 21.0 Å². The van der Waals surface area contributed by atoms with Gasteiger partial charge in [-0.2, -0.15) is 5.26 Å². The van der Waals surface area contributed by atoms with E-state index in [-0.39, 0.29) is 11.6 Å². The molecule has 1 aromatic heterocycles. The molecule has 168 valence electrons. The topological polar surface area (TPSA) is 61.9 Å². The molecule has 0 fully saturated rings. The molecule has 2 heterocycles. The van der Waals surface area contributed by atoms with Crippen LogP contribution in [0.3, 0.4) is 0 Å². The van der Waals surface area contributed by atoms with Crippen LogP contribution in [0.2, 0.25) is 0 Å². The van der Waals surface area contributed by atoms with E-state index in [4.69, 9.17) is 10.2 Å². The zero-order valence-electron chi connectivity index (χ0n) is 19.2. The molecular weight excluding hydrogens is 420 g/mol. The predicted octanol–water partition coefficient (Wildman–Crippen LogP) is 4.62. The molecule has 4 aromatic rings. The fourth-order valence-corrected chi connectivity index (χ4v) is 4.82. The number of nitriles is 1. The lowest BCUT2D eigenvalue weighted by Gasteiger charge is -2.30. The number of nitrogens with zero attached hydrogens (tertiary/aromatic N) is 4. The van der Waals surface area contributed by atoms with Crippen molar-refractivity contribution in [2.24, 2.45) is 0 Å². The van der Waals surface area contributed by atoms with Gasteiger partial charge in [0.25, 0.3) is 5.56 Å². The van der Waals surface area contributed by atoms with Crippen molar-refractivity contribution in [3.8, 4) is 6.07 Å². The van der Waals surface area contributed by atoms with Gasteiger partial charge < -0.3 is 0 Å². The number of hydrogen-bond donors (Lipinski definition) is 0. The second-order valence-corrected chi connectivity index (χ2v) is 8.75. The summed E-state index contributed by atoms with van der Waals surface area (Å²) in [5.41, 5.74) is 5.70. The Balaban J connectivity index is 1.49. The highest BCUT2D eigenvalue weighted by molar-refractivity contribution is 5.35. The van der Waals surface area contributed by atoms with Gasteiger partial charge in [0.1, 0.15) is 5.82 Å². The van der Waals surface area contributed by atoms with Crippen molar-refractivity contribution in [3.05, 3.63) is 135 Å². The van der Waals surface area contributed by atoms with E-state index in [1.807, 2.05) is 72.2 Å². The minimum Gasteiger partial charge on any atom is -0.293 e. The van der Waals surface area contributed by atoms with Crippen LogP contribution < -0.4 is 5.56 Å². The SMILES string of the molecule is Cc1nc2c(c(=O)n1C(c1ccccc1)c1ccccc1)CCN(Cc1ccc(C#N)cc1)C2. The third-order valence-corrected chi connectivity index (χ3v) is 6.50. The van der Waals surface area contributed by atoms with E-state index in [0.717, 1.165) is 46.9 Å². The highest BCUT2D eigenvalue weighted by Crippen LogP contribution is 2.27. The van der Waals surface area contributed by atoms with Gasteiger partial charge in [-0.25, -0.2) is 4.98 Å². The van der Waals surface area contributed by atoms with Crippen molar-refractivity contribution < 1.29 is 0 Å². The van der Waals surface area contributed by atoms with Crippen LogP contribution in [-0.2, 0) is 19.5 Å². The predicted molar refractivity (Wildman–Crippen MR) is 132 cm³/mol. The number of benzene rings is 3. The third-order valence-electron chi connectivity index (χ3n) is 6.50. The van der Waals surface area contributed by atoms with Crippen LogP contribution in [0.4, 0.5) is 0 Å². The Morgan fingerprint density at radius 1 is 0.941 bits per heavy atom. The first-order valence-electron chi connectivity index (χ1n) is 11.6. The Morgan fingerprint density at radius 2 is 1.56 bits per heavy atom.